The van der Waals surface area contributed by atoms with Crippen LogP contribution in [0, 0.1) is 0 Å². The molecule has 0 saturated heterocycles. The lowest BCUT2D eigenvalue weighted by Gasteiger charge is -2.20. The Balaban J connectivity index is 2.46. The molecule has 1 aromatic rings. The molecule has 4 nitrogen and oxygen atoms in total. The molecule has 19 heavy (non-hydrogen) atoms. The van der Waals surface area contributed by atoms with Crippen molar-refractivity contribution in [2.24, 2.45) is 0 Å². The van der Waals surface area contributed by atoms with Crippen LogP contribution >= 0.6 is 0 Å². The summed E-state index contributed by atoms with van der Waals surface area (Å²) in [6, 6.07) is 7.80. The number of nitrogens with one attached hydrogen (secondary N) is 1. The molecule has 1 amide bonds. The fourth-order valence-electron chi connectivity index (χ4n) is 1.34. The van der Waals surface area contributed by atoms with E-state index in [9.17, 15) is 4.79 Å². The Labute approximate surface area is 115 Å². The minimum absolute atomic E-state index is 0.0431. The zero-order valence-electron chi connectivity index (χ0n) is 12.5. The average Bonchev–Trinajstić information content (AvgIpc) is 2.33. The molecule has 0 spiro atoms. The molecule has 1 rings (SSSR count). The second-order valence-electron chi connectivity index (χ2n) is 5.82. The van der Waals surface area contributed by atoms with Gasteiger partial charge in [-0.3, -0.25) is 4.79 Å². The van der Waals surface area contributed by atoms with Crippen LogP contribution < -0.4 is 10.1 Å². The van der Waals surface area contributed by atoms with E-state index in [4.69, 9.17) is 4.74 Å². The predicted octanol–water partition coefficient (Wildman–Crippen LogP) is 2.04. The molecule has 0 unspecified atom stereocenters. The monoisotopic (exact) mass is 264 g/mol. The topological polar surface area (TPSA) is 41.6 Å². The van der Waals surface area contributed by atoms with Gasteiger partial charge < -0.3 is 15.0 Å². The van der Waals surface area contributed by atoms with Crippen LogP contribution in [0.3, 0.4) is 0 Å². The number of carbonyl (C=O) groups excluding carboxylic acids is 1. The standard InChI is InChI=1S/C15H24N2O2/c1-15(2,3)16-10-12-6-8-13(9-7-12)19-11-14(18)17(4)5/h6-9,16H,10-11H2,1-5H3. The van der Waals surface area contributed by atoms with E-state index in [1.165, 1.54) is 10.5 Å². The van der Waals surface area contributed by atoms with E-state index in [1.807, 2.05) is 24.3 Å². The number of rotatable bonds is 5. The summed E-state index contributed by atoms with van der Waals surface area (Å²) in [5.74, 6) is 0.674. The number of hydrogen-bond donors (Lipinski definition) is 1. The molecule has 4 heteroatoms. The van der Waals surface area contributed by atoms with Gasteiger partial charge in [-0.2, -0.15) is 0 Å². The molecule has 0 fully saturated rings. The van der Waals surface area contributed by atoms with Crippen molar-refractivity contribution in [2.75, 3.05) is 20.7 Å². The van der Waals surface area contributed by atoms with Crippen molar-refractivity contribution in [3.05, 3.63) is 29.8 Å². The van der Waals surface area contributed by atoms with Gasteiger partial charge in [0.15, 0.2) is 6.61 Å². The number of benzene rings is 1. The third kappa shape index (κ3) is 6.25. The first-order valence-electron chi connectivity index (χ1n) is 6.45. The van der Waals surface area contributed by atoms with Crippen molar-refractivity contribution >= 4 is 5.91 Å². The van der Waals surface area contributed by atoms with Gasteiger partial charge in [-0.05, 0) is 38.5 Å². The Morgan fingerprint density at radius 2 is 1.79 bits per heavy atom. The van der Waals surface area contributed by atoms with Crippen LogP contribution in [0.2, 0.25) is 0 Å². The number of likely N-dealkylation sites (N-methyl/N-ethyl adjacent to an activating group) is 1. The molecule has 0 aromatic heterocycles. The first-order valence-corrected chi connectivity index (χ1v) is 6.45. The van der Waals surface area contributed by atoms with Crippen molar-refractivity contribution in [1.82, 2.24) is 10.2 Å². The predicted molar refractivity (Wildman–Crippen MR) is 77.2 cm³/mol. The summed E-state index contributed by atoms with van der Waals surface area (Å²) >= 11 is 0. The molecule has 0 aliphatic rings. The molecule has 0 aliphatic carbocycles. The van der Waals surface area contributed by atoms with Crippen LogP contribution in [0.25, 0.3) is 0 Å². The van der Waals surface area contributed by atoms with Gasteiger partial charge in [0.25, 0.3) is 5.91 Å². The SMILES string of the molecule is CN(C)C(=O)COc1ccc(CNC(C)(C)C)cc1. The summed E-state index contributed by atoms with van der Waals surface area (Å²) in [6.07, 6.45) is 0. The highest BCUT2D eigenvalue weighted by atomic mass is 16.5. The summed E-state index contributed by atoms with van der Waals surface area (Å²) < 4.78 is 5.42. The van der Waals surface area contributed by atoms with Crippen LogP contribution in [0.4, 0.5) is 0 Å². The van der Waals surface area contributed by atoms with Gasteiger partial charge in [0.1, 0.15) is 5.75 Å². The second kappa shape index (κ2) is 6.57. The van der Waals surface area contributed by atoms with E-state index in [0.29, 0.717) is 0 Å². The van der Waals surface area contributed by atoms with E-state index in [-0.39, 0.29) is 18.1 Å². The molecule has 0 saturated carbocycles. The fraction of sp³-hybridized carbons (Fsp3) is 0.533. The number of amides is 1. The van der Waals surface area contributed by atoms with Crippen molar-refractivity contribution < 1.29 is 9.53 Å². The first-order chi connectivity index (χ1) is 8.78. The van der Waals surface area contributed by atoms with Gasteiger partial charge >= 0.3 is 0 Å². The molecule has 0 radical (unpaired) electrons. The summed E-state index contributed by atoms with van der Waals surface area (Å²) in [4.78, 5) is 12.9. The third-order valence-electron chi connectivity index (χ3n) is 2.61. The fourth-order valence-corrected chi connectivity index (χ4v) is 1.34. The van der Waals surface area contributed by atoms with E-state index >= 15 is 0 Å². The summed E-state index contributed by atoms with van der Waals surface area (Å²) in [5, 5.41) is 3.42. The number of carbonyl (C=O) groups is 1. The van der Waals surface area contributed by atoms with Crippen LogP contribution in [0.5, 0.6) is 5.75 Å². The highest BCUT2D eigenvalue weighted by molar-refractivity contribution is 5.77. The van der Waals surface area contributed by atoms with E-state index in [2.05, 4.69) is 26.1 Å². The van der Waals surface area contributed by atoms with Gasteiger partial charge in [-0.1, -0.05) is 12.1 Å². The van der Waals surface area contributed by atoms with Gasteiger partial charge in [-0.15, -0.1) is 0 Å². The van der Waals surface area contributed by atoms with Crippen molar-refractivity contribution in [3.63, 3.8) is 0 Å². The molecule has 0 aliphatic heterocycles. The van der Waals surface area contributed by atoms with Crippen molar-refractivity contribution in [2.45, 2.75) is 32.9 Å². The van der Waals surface area contributed by atoms with E-state index in [1.54, 1.807) is 14.1 Å². The quantitative estimate of drug-likeness (QED) is 0.885. The summed E-state index contributed by atoms with van der Waals surface area (Å²) in [7, 11) is 3.43. The maximum atomic E-state index is 11.4. The van der Waals surface area contributed by atoms with Crippen LogP contribution in [0.15, 0.2) is 24.3 Å². The molecule has 0 atom stereocenters. The Hall–Kier alpha value is -1.55. The second-order valence-corrected chi connectivity index (χ2v) is 5.82. The minimum Gasteiger partial charge on any atom is -0.484 e. The Kier molecular flexibility index (Phi) is 5.36. The highest BCUT2D eigenvalue weighted by Crippen LogP contribution is 2.13. The third-order valence-corrected chi connectivity index (χ3v) is 2.61. The molecule has 1 N–H and O–H groups in total. The highest BCUT2D eigenvalue weighted by Gasteiger charge is 2.08. The zero-order chi connectivity index (χ0) is 14.5. The van der Waals surface area contributed by atoms with Gasteiger partial charge in [0.05, 0.1) is 0 Å². The summed E-state index contributed by atoms with van der Waals surface area (Å²) in [5.41, 5.74) is 1.30. The number of ether oxygens (including phenoxy) is 1. The molecule has 0 heterocycles. The smallest absolute Gasteiger partial charge is 0.259 e. The lowest BCUT2D eigenvalue weighted by Crippen LogP contribution is -2.35. The zero-order valence-corrected chi connectivity index (χ0v) is 12.5. The van der Waals surface area contributed by atoms with Gasteiger partial charge in [-0.25, -0.2) is 0 Å². The number of hydrogen-bond acceptors (Lipinski definition) is 3. The molecule has 0 bridgehead atoms. The van der Waals surface area contributed by atoms with Crippen LogP contribution in [-0.4, -0.2) is 37.0 Å². The Morgan fingerprint density at radius 1 is 1.21 bits per heavy atom. The molecule has 106 valence electrons. The van der Waals surface area contributed by atoms with Crippen molar-refractivity contribution in [1.29, 1.82) is 0 Å². The minimum atomic E-state index is -0.0431. The normalized spacial score (nSPS) is 11.2. The number of nitrogens with zero attached hydrogens (tertiary/aromatic N) is 1. The molecule has 1 aromatic carbocycles. The Bertz CT molecular complexity index is 405. The summed E-state index contributed by atoms with van der Waals surface area (Å²) in [6.45, 7) is 7.30. The lowest BCUT2D eigenvalue weighted by atomic mass is 10.1. The van der Waals surface area contributed by atoms with Crippen molar-refractivity contribution in [3.8, 4) is 5.75 Å². The largest absolute Gasteiger partial charge is 0.484 e. The van der Waals surface area contributed by atoms with Gasteiger partial charge in [0, 0.05) is 26.2 Å². The van der Waals surface area contributed by atoms with E-state index < -0.39 is 0 Å². The first kappa shape index (κ1) is 15.5. The maximum Gasteiger partial charge on any atom is 0.259 e. The van der Waals surface area contributed by atoms with E-state index in [0.717, 1.165) is 12.3 Å². The lowest BCUT2D eigenvalue weighted by molar-refractivity contribution is -0.130. The van der Waals surface area contributed by atoms with Gasteiger partial charge in [0.2, 0.25) is 0 Å². The van der Waals surface area contributed by atoms with Crippen LogP contribution in [-0.2, 0) is 11.3 Å². The molecular weight excluding hydrogens is 240 g/mol. The maximum absolute atomic E-state index is 11.4. The average molecular weight is 264 g/mol. The Morgan fingerprint density at radius 3 is 2.26 bits per heavy atom. The molecular formula is C15H24N2O2. The van der Waals surface area contributed by atoms with Crippen LogP contribution in [0.1, 0.15) is 26.3 Å².